The van der Waals surface area contributed by atoms with E-state index >= 15 is 0 Å². The second kappa shape index (κ2) is 5.53. The summed E-state index contributed by atoms with van der Waals surface area (Å²) >= 11 is 0. The minimum atomic E-state index is -0.441. The van der Waals surface area contributed by atoms with Crippen LogP contribution in [0.25, 0.3) is 0 Å². The molecule has 90 valence electrons. The minimum Gasteiger partial charge on any atom is -0.447 e. The molecule has 0 aromatic carbocycles. The van der Waals surface area contributed by atoms with Crippen LogP contribution in [0.1, 0.15) is 45.2 Å². The first-order valence-corrected chi connectivity index (χ1v) is 5.45. The number of alkyl carbamates (subject to hydrolysis) is 1. The zero-order chi connectivity index (χ0) is 12.1. The molecule has 1 aromatic heterocycles. The van der Waals surface area contributed by atoms with Crippen molar-refractivity contribution < 1.29 is 14.1 Å². The largest absolute Gasteiger partial charge is 0.447 e. The minimum absolute atomic E-state index is 0.129. The standard InChI is InChI=1S/C11H18N2O3/c1-5-9-6-10(13-16-9)8(4)12-11(14)15-7(2)3/h6-8H,5H2,1-4H3,(H,12,14). The number of nitrogens with zero attached hydrogens (tertiary/aromatic N) is 1. The van der Waals surface area contributed by atoms with Crippen molar-refractivity contribution >= 4 is 6.09 Å². The van der Waals surface area contributed by atoms with E-state index in [1.54, 1.807) is 13.8 Å². The number of aryl methyl sites for hydroxylation is 1. The normalized spacial score (nSPS) is 12.6. The molecular weight excluding hydrogens is 208 g/mol. The van der Waals surface area contributed by atoms with Crippen LogP contribution in [0.15, 0.2) is 10.6 Å². The van der Waals surface area contributed by atoms with Crippen molar-refractivity contribution in [3.63, 3.8) is 0 Å². The van der Waals surface area contributed by atoms with E-state index in [4.69, 9.17) is 9.26 Å². The summed E-state index contributed by atoms with van der Waals surface area (Å²) in [4.78, 5) is 11.3. The van der Waals surface area contributed by atoms with E-state index in [0.29, 0.717) is 5.69 Å². The van der Waals surface area contributed by atoms with Gasteiger partial charge in [0, 0.05) is 12.5 Å². The predicted molar refractivity (Wildman–Crippen MR) is 59.0 cm³/mol. The third-order valence-electron chi connectivity index (χ3n) is 2.05. The number of amides is 1. The molecule has 0 saturated heterocycles. The zero-order valence-electron chi connectivity index (χ0n) is 10.1. The van der Waals surface area contributed by atoms with Gasteiger partial charge < -0.3 is 14.6 Å². The van der Waals surface area contributed by atoms with Gasteiger partial charge in [0.05, 0.1) is 12.1 Å². The zero-order valence-corrected chi connectivity index (χ0v) is 10.1. The highest BCUT2D eigenvalue weighted by Gasteiger charge is 2.15. The maximum atomic E-state index is 11.3. The Kier molecular flexibility index (Phi) is 4.34. The lowest BCUT2D eigenvalue weighted by Gasteiger charge is -2.13. The van der Waals surface area contributed by atoms with Gasteiger partial charge >= 0.3 is 6.09 Å². The SMILES string of the molecule is CCc1cc(C(C)NC(=O)OC(C)C)no1. The van der Waals surface area contributed by atoms with Gasteiger partial charge in [-0.05, 0) is 20.8 Å². The second-order valence-electron chi connectivity index (χ2n) is 3.89. The van der Waals surface area contributed by atoms with E-state index in [-0.39, 0.29) is 12.1 Å². The monoisotopic (exact) mass is 226 g/mol. The molecular formula is C11H18N2O3. The molecule has 1 amide bonds. The van der Waals surface area contributed by atoms with Crippen molar-refractivity contribution in [1.82, 2.24) is 10.5 Å². The Balaban J connectivity index is 2.51. The van der Waals surface area contributed by atoms with Gasteiger partial charge in [-0.25, -0.2) is 4.79 Å². The smallest absolute Gasteiger partial charge is 0.407 e. The fourth-order valence-electron chi connectivity index (χ4n) is 1.20. The number of nitrogens with one attached hydrogen (secondary N) is 1. The molecule has 16 heavy (non-hydrogen) atoms. The number of ether oxygens (including phenoxy) is 1. The molecule has 0 spiro atoms. The van der Waals surface area contributed by atoms with Gasteiger partial charge in [0.25, 0.3) is 0 Å². The lowest BCUT2D eigenvalue weighted by Crippen LogP contribution is -2.29. The summed E-state index contributed by atoms with van der Waals surface area (Å²) in [7, 11) is 0. The molecule has 1 atom stereocenters. The van der Waals surface area contributed by atoms with Crippen LogP contribution in [0.2, 0.25) is 0 Å². The number of hydrogen-bond donors (Lipinski definition) is 1. The Bertz CT molecular complexity index is 347. The van der Waals surface area contributed by atoms with Crippen LogP contribution in [0.5, 0.6) is 0 Å². The van der Waals surface area contributed by atoms with Crippen LogP contribution in [0, 0.1) is 0 Å². The first-order valence-electron chi connectivity index (χ1n) is 5.45. The Morgan fingerprint density at radius 1 is 1.56 bits per heavy atom. The van der Waals surface area contributed by atoms with Gasteiger partial charge in [0.15, 0.2) is 0 Å². The average Bonchev–Trinajstić information content (AvgIpc) is 2.64. The summed E-state index contributed by atoms with van der Waals surface area (Å²) in [6.07, 6.45) is 0.218. The van der Waals surface area contributed by atoms with Crippen molar-refractivity contribution in [2.75, 3.05) is 0 Å². The second-order valence-corrected chi connectivity index (χ2v) is 3.89. The summed E-state index contributed by atoms with van der Waals surface area (Å²) in [6.45, 7) is 7.42. The van der Waals surface area contributed by atoms with E-state index in [0.717, 1.165) is 12.2 Å². The van der Waals surface area contributed by atoms with Crippen LogP contribution in [0.4, 0.5) is 4.79 Å². The number of carbonyl (C=O) groups excluding carboxylic acids is 1. The van der Waals surface area contributed by atoms with Crippen molar-refractivity contribution in [2.45, 2.75) is 46.3 Å². The molecule has 1 rings (SSSR count). The van der Waals surface area contributed by atoms with Crippen LogP contribution in [0.3, 0.4) is 0 Å². The molecule has 0 aliphatic heterocycles. The number of aromatic nitrogens is 1. The fourth-order valence-corrected chi connectivity index (χ4v) is 1.20. The summed E-state index contributed by atoms with van der Waals surface area (Å²) in [5.41, 5.74) is 0.706. The highest BCUT2D eigenvalue weighted by atomic mass is 16.6. The molecule has 5 heteroatoms. The fraction of sp³-hybridized carbons (Fsp3) is 0.636. The predicted octanol–water partition coefficient (Wildman–Crippen LogP) is 2.43. The Morgan fingerprint density at radius 3 is 2.75 bits per heavy atom. The van der Waals surface area contributed by atoms with E-state index in [1.165, 1.54) is 0 Å². The van der Waals surface area contributed by atoms with Crippen molar-refractivity contribution in [1.29, 1.82) is 0 Å². The van der Waals surface area contributed by atoms with Gasteiger partial charge in [-0.15, -0.1) is 0 Å². The molecule has 0 bridgehead atoms. The third kappa shape index (κ3) is 3.56. The molecule has 1 N–H and O–H groups in total. The number of hydrogen-bond acceptors (Lipinski definition) is 4. The van der Waals surface area contributed by atoms with Crippen LogP contribution >= 0.6 is 0 Å². The third-order valence-corrected chi connectivity index (χ3v) is 2.05. The molecule has 1 unspecified atom stereocenters. The summed E-state index contributed by atoms with van der Waals surface area (Å²) in [6, 6.07) is 1.62. The molecule has 1 aromatic rings. The molecule has 0 radical (unpaired) electrons. The molecule has 1 heterocycles. The lowest BCUT2D eigenvalue weighted by atomic mass is 10.2. The molecule has 0 fully saturated rings. The highest BCUT2D eigenvalue weighted by molar-refractivity contribution is 5.67. The Labute approximate surface area is 95.1 Å². The summed E-state index contributed by atoms with van der Waals surface area (Å²) in [5, 5.41) is 6.56. The van der Waals surface area contributed by atoms with Crippen molar-refractivity contribution in [3.8, 4) is 0 Å². The van der Waals surface area contributed by atoms with Gasteiger partial charge in [-0.3, -0.25) is 0 Å². The first kappa shape index (κ1) is 12.5. The molecule has 0 saturated carbocycles. The Morgan fingerprint density at radius 2 is 2.25 bits per heavy atom. The van der Waals surface area contributed by atoms with E-state index < -0.39 is 6.09 Å². The number of carbonyl (C=O) groups is 1. The quantitative estimate of drug-likeness (QED) is 0.856. The van der Waals surface area contributed by atoms with Gasteiger partial charge in [0.1, 0.15) is 11.5 Å². The lowest BCUT2D eigenvalue weighted by molar-refractivity contribution is 0.112. The molecule has 0 aliphatic rings. The first-order chi connectivity index (χ1) is 7.52. The Hall–Kier alpha value is -1.52. The van der Waals surface area contributed by atoms with Gasteiger partial charge in [-0.2, -0.15) is 0 Å². The summed E-state index contributed by atoms with van der Waals surface area (Å²) < 4.78 is 10.0. The maximum Gasteiger partial charge on any atom is 0.407 e. The van der Waals surface area contributed by atoms with E-state index in [1.807, 2.05) is 19.9 Å². The van der Waals surface area contributed by atoms with Gasteiger partial charge in [-0.1, -0.05) is 12.1 Å². The number of rotatable bonds is 4. The van der Waals surface area contributed by atoms with Crippen LogP contribution in [-0.2, 0) is 11.2 Å². The highest BCUT2D eigenvalue weighted by Crippen LogP contribution is 2.13. The van der Waals surface area contributed by atoms with Crippen LogP contribution in [-0.4, -0.2) is 17.4 Å². The molecule has 0 aliphatic carbocycles. The average molecular weight is 226 g/mol. The summed E-state index contributed by atoms with van der Waals surface area (Å²) in [5.74, 6) is 0.806. The van der Waals surface area contributed by atoms with Crippen molar-refractivity contribution in [2.24, 2.45) is 0 Å². The van der Waals surface area contributed by atoms with E-state index in [2.05, 4.69) is 10.5 Å². The van der Waals surface area contributed by atoms with E-state index in [9.17, 15) is 4.79 Å². The van der Waals surface area contributed by atoms with Gasteiger partial charge in [0.2, 0.25) is 0 Å². The topological polar surface area (TPSA) is 64.4 Å². The maximum absolute atomic E-state index is 11.3. The molecule has 5 nitrogen and oxygen atoms in total. The van der Waals surface area contributed by atoms with Crippen LogP contribution < -0.4 is 5.32 Å². The van der Waals surface area contributed by atoms with Crippen molar-refractivity contribution in [3.05, 3.63) is 17.5 Å².